The molecule has 0 aliphatic carbocycles. The topological polar surface area (TPSA) is 45.9 Å². The standard InChI is InChI=1S/C18H26N2O3/c21-18(20-5-1-2-6-20)9-17-16-3-7-19(11-15(16)13-23-17)10-14-4-8-22-12-14/h4,8,12,15-17H,1-3,5-7,9-11,13H2/t15-,16-,17+/m1/s1. The van der Waals surface area contributed by atoms with E-state index in [-0.39, 0.29) is 6.10 Å². The smallest absolute Gasteiger partial charge is 0.225 e. The highest BCUT2D eigenvalue weighted by molar-refractivity contribution is 5.77. The zero-order valence-corrected chi connectivity index (χ0v) is 13.7. The first kappa shape index (κ1) is 15.2. The second kappa shape index (κ2) is 6.65. The first-order valence-corrected chi connectivity index (χ1v) is 8.92. The van der Waals surface area contributed by atoms with Crippen LogP contribution in [-0.2, 0) is 16.1 Å². The second-order valence-electron chi connectivity index (χ2n) is 7.24. The van der Waals surface area contributed by atoms with Gasteiger partial charge < -0.3 is 14.1 Å². The SMILES string of the molecule is O=C(C[C@@H]1OC[C@H]2CN(Cc3ccoc3)CC[C@H]21)N1CCCC1. The summed E-state index contributed by atoms with van der Waals surface area (Å²) in [5.74, 6) is 1.43. The number of furan rings is 1. The highest BCUT2D eigenvalue weighted by atomic mass is 16.5. The summed E-state index contributed by atoms with van der Waals surface area (Å²) in [6.45, 7) is 5.81. The van der Waals surface area contributed by atoms with Crippen molar-refractivity contribution in [2.45, 2.75) is 38.3 Å². The monoisotopic (exact) mass is 318 g/mol. The number of hydrogen-bond donors (Lipinski definition) is 0. The quantitative estimate of drug-likeness (QED) is 0.853. The van der Waals surface area contributed by atoms with Crippen molar-refractivity contribution in [1.29, 1.82) is 0 Å². The number of hydrogen-bond acceptors (Lipinski definition) is 4. The molecule has 0 bridgehead atoms. The zero-order chi connectivity index (χ0) is 15.6. The predicted molar refractivity (Wildman–Crippen MR) is 85.8 cm³/mol. The second-order valence-corrected chi connectivity index (χ2v) is 7.24. The summed E-state index contributed by atoms with van der Waals surface area (Å²) in [5, 5.41) is 0. The van der Waals surface area contributed by atoms with Crippen LogP contribution in [0.4, 0.5) is 0 Å². The number of rotatable bonds is 4. The van der Waals surface area contributed by atoms with Gasteiger partial charge in [0.1, 0.15) is 0 Å². The van der Waals surface area contributed by atoms with Crippen molar-refractivity contribution in [2.24, 2.45) is 11.8 Å². The minimum absolute atomic E-state index is 0.143. The van der Waals surface area contributed by atoms with Gasteiger partial charge in [-0.15, -0.1) is 0 Å². The fourth-order valence-corrected chi connectivity index (χ4v) is 4.42. The highest BCUT2D eigenvalue weighted by Gasteiger charge is 2.42. The van der Waals surface area contributed by atoms with E-state index in [9.17, 15) is 4.79 Å². The summed E-state index contributed by atoms with van der Waals surface area (Å²) in [6, 6.07) is 2.04. The Hall–Kier alpha value is -1.33. The molecule has 0 N–H and O–H groups in total. The van der Waals surface area contributed by atoms with E-state index in [4.69, 9.17) is 9.15 Å². The lowest BCUT2D eigenvalue weighted by molar-refractivity contribution is -0.133. The molecule has 3 fully saturated rings. The lowest BCUT2D eigenvalue weighted by Gasteiger charge is -2.35. The lowest BCUT2D eigenvalue weighted by atomic mass is 9.83. The van der Waals surface area contributed by atoms with Crippen LogP contribution in [0.5, 0.6) is 0 Å². The molecule has 126 valence electrons. The molecule has 3 aliphatic rings. The van der Waals surface area contributed by atoms with Gasteiger partial charge in [-0.1, -0.05) is 0 Å². The summed E-state index contributed by atoms with van der Waals surface area (Å²) >= 11 is 0. The van der Waals surface area contributed by atoms with Crippen molar-refractivity contribution >= 4 is 5.91 Å². The van der Waals surface area contributed by atoms with Gasteiger partial charge in [-0.05, 0) is 37.8 Å². The Morgan fingerprint density at radius 3 is 2.91 bits per heavy atom. The lowest BCUT2D eigenvalue weighted by Crippen LogP contribution is -2.42. The van der Waals surface area contributed by atoms with Gasteiger partial charge in [0.2, 0.25) is 5.91 Å². The van der Waals surface area contributed by atoms with E-state index in [1.54, 1.807) is 6.26 Å². The van der Waals surface area contributed by atoms with E-state index in [2.05, 4.69) is 4.90 Å². The molecule has 0 unspecified atom stereocenters. The summed E-state index contributed by atoms with van der Waals surface area (Å²) in [5.41, 5.74) is 1.24. The van der Waals surface area contributed by atoms with E-state index in [0.717, 1.165) is 58.6 Å². The third kappa shape index (κ3) is 3.31. The van der Waals surface area contributed by atoms with Gasteiger partial charge >= 0.3 is 0 Å². The van der Waals surface area contributed by atoms with Gasteiger partial charge in [-0.25, -0.2) is 0 Å². The molecule has 3 atom stereocenters. The third-order valence-electron chi connectivity index (χ3n) is 5.70. The van der Waals surface area contributed by atoms with Gasteiger partial charge in [-0.3, -0.25) is 9.69 Å². The number of nitrogens with zero attached hydrogens (tertiary/aromatic N) is 2. The summed E-state index contributed by atoms with van der Waals surface area (Å²) in [6.07, 6.45) is 7.75. The molecule has 1 aromatic heterocycles. The normalized spacial score (nSPS) is 31.5. The largest absolute Gasteiger partial charge is 0.472 e. The highest BCUT2D eigenvalue weighted by Crippen LogP contribution is 2.36. The van der Waals surface area contributed by atoms with Crippen LogP contribution in [0.3, 0.4) is 0 Å². The van der Waals surface area contributed by atoms with Crippen molar-refractivity contribution in [1.82, 2.24) is 9.80 Å². The average Bonchev–Trinajstić information content (AvgIpc) is 3.28. The van der Waals surface area contributed by atoms with E-state index in [0.29, 0.717) is 24.2 Å². The number of piperidine rings is 1. The van der Waals surface area contributed by atoms with Crippen LogP contribution in [0.25, 0.3) is 0 Å². The van der Waals surface area contributed by atoms with Crippen LogP contribution in [-0.4, -0.2) is 54.6 Å². The molecule has 0 saturated carbocycles. The molecule has 5 heteroatoms. The van der Waals surface area contributed by atoms with Crippen LogP contribution in [0, 0.1) is 11.8 Å². The van der Waals surface area contributed by atoms with E-state index in [1.165, 1.54) is 5.56 Å². The molecular weight excluding hydrogens is 292 g/mol. The summed E-state index contributed by atoms with van der Waals surface area (Å²) < 4.78 is 11.2. The number of carbonyl (C=O) groups excluding carboxylic acids is 1. The van der Waals surface area contributed by atoms with Gasteiger partial charge in [-0.2, -0.15) is 0 Å². The Balaban J connectivity index is 1.30. The van der Waals surface area contributed by atoms with Gasteiger partial charge in [0.25, 0.3) is 0 Å². The molecule has 4 heterocycles. The Bertz CT molecular complexity index is 524. The maximum Gasteiger partial charge on any atom is 0.225 e. The molecule has 1 aromatic rings. The molecule has 1 amide bonds. The first-order chi connectivity index (χ1) is 11.3. The fourth-order valence-electron chi connectivity index (χ4n) is 4.42. The molecule has 0 radical (unpaired) electrons. The maximum absolute atomic E-state index is 12.4. The number of amides is 1. The molecule has 3 aliphatic heterocycles. The Morgan fingerprint density at radius 1 is 1.26 bits per heavy atom. The van der Waals surface area contributed by atoms with Crippen molar-refractivity contribution in [3.63, 3.8) is 0 Å². The van der Waals surface area contributed by atoms with Crippen molar-refractivity contribution in [3.8, 4) is 0 Å². The van der Waals surface area contributed by atoms with Gasteiger partial charge in [0.15, 0.2) is 0 Å². The first-order valence-electron chi connectivity index (χ1n) is 8.92. The van der Waals surface area contributed by atoms with Crippen LogP contribution in [0.1, 0.15) is 31.2 Å². The number of fused-ring (bicyclic) bond motifs is 1. The van der Waals surface area contributed by atoms with Gasteiger partial charge in [0.05, 0.1) is 31.7 Å². The predicted octanol–water partition coefficient (Wildman–Crippen LogP) is 2.13. The number of carbonyl (C=O) groups is 1. The van der Waals surface area contributed by atoms with E-state index >= 15 is 0 Å². The third-order valence-corrected chi connectivity index (χ3v) is 5.70. The van der Waals surface area contributed by atoms with E-state index in [1.807, 2.05) is 17.2 Å². The fraction of sp³-hybridized carbons (Fsp3) is 0.722. The van der Waals surface area contributed by atoms with Crippen molar-refractivity contribution < 1.29 is 13.9 Å². The van der Waals surface area contributed by atoms with Crippen LogP contribution < -0.4 is 0 Å². The minimum Gasteiger partial charge on any atom is -0.472 e. The molecule has 23 heavy (non-hydrogen) atoms. The maximum atomic E-state index is 12.4. The number of ether oxygens (including phenoxy) is 1. The molecule has 4 rings (SSSR count). The number of likely N-dealkylation sites (tertiary alicyclic amines) is 2. The average molecular weight is 318 g/mol. The van der Waals surface area contributed by atoms with Crippen LogP contribution >= 0.6 is 0 Å². The summed E-state index contributed by atoms with van der Waals surface area (Å²) in [7, 11) is 0. The van der Waals surface area contributed by atoms with Crippen LogP contribution in [0.15, 0.2) is 23.0 Å². The van der Waals surface area contributed by atoms with Crippen molar-refractivity contribution in [2.75, 3.05) is 32.8 Å². The van der Waals surface area contributed by atoms with Crippen molar-refractivity contribution in [3.05, 3.63) is 24.2 Å². The minimum atomic E-state index is 0.143. The molecule has 0 aromatic carbocycles. The Labute approximate surface area is 137 Å². The van der Waals surface area contributed by atoms with Crippen LogP contribution in [0.2, 0.25) is 0 Å². The Kier molecular flexibility index (Phi) is 4.40. The molecular formula is C18H26N2O3. The van der Waals surface area contributed by atoms with E-state index < -0.39 is 0 Å². The molecule has 3 saturated heterocycles. The molecule has 0 spiro atoms. The van der Waals surface area contributed by atoms with Gasteiger partial charge in [0, 0.05) is 37.7 Å². The Morgan fingerprint density at radius 2 is 2.13 bits per heavy atom. The molecule has 5 nitrogen and oxygen atoms in total. The zero-order valence-electron chi connectivity index (χ0n) is 13.7. The summed E-state index contributed by atoms with van der Waals surface area (Å²) in [4.78, 5) is 16.9.